The van der Waals surface area contributed by atoms with Crippen molar-refractivity contribution in [2.45, 2.75) is 43.6 Å². The molecule has 0 bridgehead atoms. The van der Waals surface area contributed by atoms with Gasteiger partial charge in [-0.05, 0) is 48.3 Å². The van der Waals surface area contributed by atoms with E-state index in [2.05, 4.69) is 59.9 Å². The largest absolute Gasteiger partial charge is 0.313 e. The van der Waals surface area contributed by atoms with Crippen molar-refractivity contribution in [3.8, 4) is 0 Å². The molecule has 0 amide bonds. The van der Waals surface area contributed by atoms with Crippen LogP contribution in [0.3, 0.4) is 0 Å². The lowest BCUT2D eigenvalue weighted by Gasteiger charge is -2.25. The smallest absolute Gasteiger partial charge is 0.0143 e. The molecule has 0 radical (unpaired) electrons. The summed E-state index contributed by atoms with van der Waals surface area (Å²) in [7, 11) is 0. The standard InChI is InChI=1S/C20H23N/c1-2-7-16(8-3-1)19-13-20(19)21-14-17-11-6-10-15-9-4-5-12-18(15)17/h1-5,7-9,12,17,19-21H,6,10-11,13-14H2. The molecule has 1 heteroatoms. The van der Waals surface area contributed by atoms with Crippen LogP contribution in [0.15, 0.2) is 54.6 Å². The van der Waals surface area contributed by atoms with Gasteiger partial charge in [-0.1, -0.05) is 54.6 Å². The highest BCUT2D eigenvalue weighted by Crippen LogP contribution is 2.41. The fourth-order valence-corrected chi connectivity index (χ4v) is 3.85. The molecule has 2 aromatic carbocycles. The van der Waals surface area contributed by atoms with Crippen LogP contribution in [-0.2, 0) is 6.42 Å². The Morgan fingerprint density at radius 1 is 0.952 bits per heavy atom. The summed E-state index contributed by atoms with van der Waals surface area (Å²) in [5.41, 5.74) is 4.66. The van der Waals surface area contributed by atoms with Gasteiger partial charge in [0.25, 0.3) is 0 Å². The molecule has 1 N–H and O–H groups in total. The van der Waals surface area contributed by atoms with Gasteiger partial charge in [0.1, 0.15) is 0 Å². The second-order valence-corrected chi connectivity index (χ2v) is 6.56. The molecule has 0 aromatic heterocycles. The molecule has 1 fully saturated rings. The Morgan fingerprint density at radius 2 is 1.76 bits per heavy atom. The van der Waals surface area contributed by atoms with Gasteiger partial charge >= 0.3 is 0 Å². The number of aryl methyl sites for hydroxylation is 1. The first kappa shape index (κ1) is 13.1. The SMILES string of the molecule is c1ccc(C2CC2NCC2CCCc3ccccc32)cc1. The first-order valence-corrected chi connectivity index (χ1v) is 8.28. The van der Waals surface area contributed by atoms with Crippen LogP contribution in [0.4, 0.5) is 0 Å². The molecule has 21 heavy (non-hydrogen) atoms. The maximum absolute atomic E-state index is 3.82. The van der Waals surface area contributed by atoms with Crippen LogP contribution in [0.2, 0.25) is 0 Å². The van der Waals surface area contributed by atoms with E-state index < -0.39 is 0 Å². The zero-order valence-electron chi connectivity index (χ0n) is 12.5. The molecule has 108 valence electrons. The lowest BCUT2D eigenvalue weighted by Crippen LogP contribution is -2.26. The van der Waals surface area contributed by atoms with E-state index in [-0.39, 0.29) is 0 Å². The molecule has 0 saturated heterocycles. The van der Waals surface area contributed by atoms with Gasteiger partial charge in [0.2, 0.25) is 0 Å². The average molecular weight is 277 g/mol. The van der Waals surface area contributed by atoms with Crippen LogP contribution >= 0.6 is 0 Å². The zero-order chi connectivity index (χ0) is 14.1. The Balaban J connectivity index is 1.37. The van der Waals surface area contributed by atoms with Gasteiger partial charge in [-0.25, -0.2) is 0 Å². The van der Waals surface area contributed by atoms with E-state index in [0.717, 1.165) is 12.5 Å². The third kappa shape index (κ3) is 2.75. The van der Waals surface area contributed by atoms with Gasteiger partial charge in [0.15, 0.2) is 0 Å². The zero-order valence-corrected chi connectivity index (χ0v) is 12.5. The molecule has 2 aromatic rings. The van der Waals surface area contributed by atoms with Crippen molar-refractivity contribution < 1.29 is 0 Å². The summed E-state index contributed by atoms with van der Waals surface area (Å²) in [6.07, 6.45) is 5.25. The third-order valence-electron chi connectivity index (χ3n) is 5.14. The van der Waals surface area contributed by atoms with Gasteiger partial charge in [-0.3, -0.25) is 0 Å². The summed E-state index contributed by atoms with van der Waals surface area (Å²) in [5, 5.41) is 3.82. The van der Waals surface area contributed by atoms with E-state index in [1.54, 1.807) is 11.1 Å². The molecule has 0 heterocycles. The predicted molar refractivity (Wildman–Crippen MR) is 87.7 cm³/mol. The minimum atomic E-state index is 0.696. The number of hydrogen-bond acceptors (Lipinski definition) is 1. The fourth-order valence-electron chi connectivity index (χ4n) is 3.85. The third-order valence-corrected chi connectivity index (χ3v) is 5.14. The van der Waals surface area contributed by atoms with Crippen molar-refractivity contribution in [3.05, 3.63) is 71.3 Å². The summed E-state index contributed by atoms with van der Waals surface area (Å²) in [6, 6.07) is 20.7. The van der Waals surface area contributed by atoms with Crippen LogP contribution in [0.5, 0.6) is 0 Å². The van der Waals surface area contributed by atoms with Gasteiger partial charge in [-0.15, -0.1) is 0 Å². The lowest BCUT2D eigenvalue weighted by atomic mass is 9.83. The molecule has 3 atom stereocenters. The topological polar surface area (TPSA) is 12.0 Å². The van der Waals surface area contributed by atoms with Crippen molar-refractivity contribution in [1.82, 2.24) is 5.32 Å². The summed E-state index contributed by atoms with van der Waals surface area (Å²) in [5.74, 6) is 1.46. The van der Waals surface area contributed by atoms with Crippen molar-refractivity contribution >= 4 is 0 Å². The number of fused-ring (bicyclic) bond motifs is 1. The molecule has 4 rings (SSSR count). The van der Waals surface area contributed by atoms with Gasteiger partial charge in [0, 0.05) is 18.5 Å². The molecule has 3 unspecified atom stereocenters. The molecule has 2 aliphatic rings. The van der Waals surface area contributed by atoms with E-state index >= 15 is 0 Å². The Labute approximate surface area is 127 Å². The molecule has 1 nitrogen and oxygen atoms in total. The molecular weight excluding hydrogens is 254 g/mol. The average Bonchev–Trinajstić information content (AvgIpc) is 3.33. The van der Waals surface area contributed by atoms with Crippen molar-refractivity contribution in [1.29, 1.82) is 0 Å². The molecular formula is C20H23N. The van der Waals surface area contributed by atoms with Crippen molar-refractivity contribution in [2.24, 2.45) is 0 Å². The Hall–Kier alpha value is -1.60. The summed E-state index contributed by atoms with van der Waals surface area (Å²) >= 11 is 0. The summed E-state index contributed by atoms with van der Waals surface area (Å²) < 4.78 is 0. The Bertz CT molecular complexity index is 604. The maximum atomic E-state index is 3.82. The molecule has 0 aliphatic heterocycles. The van der Waals surface area contributed by atoms with Gasteiger partial charge < -0.3 is 5.32 Å². The Morgan fingerprint density at radius 3 is 2.67 bits per heavy atom. The highest BCUT2D eigenvalue weighted by Gasteiger charge is 2.38. The maximum Gasteiger partial charge on any atom is 0.0143 e. The van der Waals surface area contributed by atoms with E-state index in [4.69, 9.17) is 0 Å². The first-order chi connectivity index (χ1) is 10.4. The highest BCUT2D eigenvalue weighted by molar-refractivity contribution is 5.33. The normalized spacial score (nSPS) is 27.1. The number of rotatable bonds is 4. The van der Waals surface area contributed by atoms with Crippen LogP contribution in [0.25, 0.3) is 0 Å². The molecule has 0 spiro atoms. The van der Waals surface area contributed by atoms with Crippen molar-refractivity contribution in [3.63, 3.8) is 0 Å². The number of benzene rings is 2. The lowest BCUT2D eigenvalue weighted by molar-refractivity contribution is 0.503. The first-order valence-electron chi connectivity index (χ1n) is 8.28. The number of nitrogens with one attached hydrogen (secondary N) is 1. The fraction of sp³-hybridized carbons (Fsp3) is 0.400. The van der Waals surface area contributed by atoms with Crippen LogP contribution in [0, 0.1) is 0 Å². The minimum absolute atomic E-state index is 0.696. The van der Waals surface area contributed by atoms with Gasteiger partial charge in [0.05, 0.1) is 0 Å². The van der Waals surface area contributed by atoms with Crippen LogP contribution < -0.4 is 5.32 Å². The summed E-state index contributed by atoms with van der Waals surface area (Å²) in [6.45, 7) is 1.14. The Kier molecular flexibility index (Phi) is 3.52. The van der Waals surface area contributed by atoms with E-state index in [9.17, 15) is 0 Å². The highest BCUT2D eigenvalue weighted by atomic mass is 15.0. The second-order valence-electron chi connectivity index (χ2n) is 6.56. The number of hydrogen-bond donors (Lipinski definition) is 1. The van der Waals surface area contributed by atoms with Crippen LogP contribution in [0.1, 0.15) is 47.8 Å². The van der Waals surface area contributed by atoms with Gasteiger partial charge in [-0.2, -0.15) is 0 Å². The van der Waals surface area contributed by atoms with Crippen molar-refractivity contribution in [2.75, 3.05) is 6.54 Å². The van der Waals surface area contributed by atoms with Crippen LogP contribution in [-0.4, -0.2) is 12.6 Å². The second kappa shape index (κ2) is 5.65. The predicted octanol–water partition coefficient (Wildman–Crippen LogP) is 4.25. The van der Waals surface area contributed by atoms with E-state index in [0.29, 0.717) is 12.0 Å². The molecule has 1 saturated carbocycles. The monoisotopic (exact) mass is 277 g/mol. The van der Waals surface area contributed by atoms with E-state index in [1.165, 1.54) is 31.2 Å². The molecule has 2 aliphatic carbocycles. The van der Waals surface area contributed by atoms with E-state index in [1.807, 2.05) is 0 Å². The minimum Gasteiger partial charge on any atom is -0.313 e. The quantitative estimate of drug-likeness (QED) is 0.881. The summed E-state index contributed by atoms with van der Waals surface area (Å²) in [4.78, 5) is 0.